The molecule has 0 fully saturated rings. The van der Waals surface area contributed by atoms with E-state index in [0.717, 1.165) is 16.5 Å². The van der Waals surface area contributed by atoms with Crippen molar-refractivity contribution in [3.05, 3.63) is 70.5 Å². The molecular weight excluding hydrogens is 369 g/mol. The summed E-state index contributed by atoms with van der Waals surface area (Å²) >= 11 is 5.99. The van der Waals surface area contributed by atoms with Crippen molar-refractivity contribution in [2.24, 2.45) is 0 Å². The SMILES string of the molecule is CC(C)(C)OC(=O)N1C(=O)/C(=C/Cc2cccc(Cl)c2)c2ccc(F)cc21. The Morgan fingerprint density at radius 1 is 1.22 bits per heavy atom. The number of anilines is 1. The predicted octanol–water partition coefficient (Wildman–Crippen LogP) is 5.39. The maximum atomic E-state index is 13.8. The van der Waals surface area contributed by atoms with Crippen LogP contribution in [-0.2, 0) is 16.0 Å². The highest BCUT2D eigenvalue weighted by molar-refractivity contribution is 6.39. The molecule has 3 rings (SSSR count). The summed E-state index contributed by atoms with van der Waals surface area (Å²) in [5.74, 6) is -1.07. The van der Waals surface area contributed by atoms with Crippen molar-refractivity contribution in [2.45, 2.75) is 32.8 Å². The van der Waals surface area contributed by atoms with Gasteiger partial charge < -0.3 is 4.74 Å². The summed E-state index contributed by atoms with van der Waals surface area (Å²) in [7, 11) is 0. The number of amides is 2. The fourth-order valence-corrected chi connectivity index (χ4v) is 3.05. The van der Waals surface area contributed by atoms with Crippen molar-refractivity contribution >= 4 is 34.9 Å². The summed E-state index contributed by atoms with van der Waals surface area (Å²) in [6.45, 7) is 5.11. The lowest BCUT2D eigenvalue weighted by molar-refractivity contribution is -0.112. The molecule has 6 heteroatoms. The van der Waals surface area contributed by atoms with Crippen molar-refractivity contribution in [1.29, 1.82) is 0 Å². The van der Waals surface area contributed by atoms with Gasteiger partial charge >= 0.3 is 6.09 Å². The van der Waals surface area contributed by atoms with E-state index in [1.54, 1.807) is 39.0 Å². The molecule has 1 aliphatic heterocycles. The maximum absolute atomic E-state index is 13.8. The molecule has 0 unspecified atom stereocenters. The standard InChI is InChI=1S/C21H19ClFNO3/c1-21(2,3)27-20(26)24-18-12-15(23)8-10-16(18)17(19(24)25)9-7-13-5-4-6-14(22)11-13/h4-6,8-12H,7H2,1-3H3/b17-9+. The summed E-state index contributed by atoms with van der Waals surface area (Å²) < 4.78 is 19.1. The Kier molecular flexibility index (Phi) is 5.07. The van der Waals surface area contributed by atoms with Crippen LogP contribution in [0.5, 0.6) is 0 Å². The van der Waals surface area contributed by atoms with Crippen molar-refractivity contribution in [2.75, 3.05) is 4.90 Å². The van der Waals surface area contributed by atoms with E-state index in [1.807, 2.05) is 12.1 Å². The molecule has 0 bridgehead atoms. The van der Waals surface area contributed by atoms with Crippen LogP contribution in [0.15, 0.2) is 48.5 Å². The first-order valence-electron chi connectivity index (χ1n) is 8.48. The number of carbonyl (C=O) groups excluding carboxylic acids is 2. The average Bonchev–Trinajstić information content (AvgIpc) is 2.82. The molecule has 2 aromatic carbocycles. The molecule has 0 saturated heterocycles. The summed E-state index contributed by atoms with van der Waals surface area (Å²) in [5, 5.41) is 0.599. The highest BCUT2D eigenvalue weighted by Gasteiger charge is 2.39. The lowest BCUT2D eigenvalue weighted by Crippen LogP contribution is -2.38. The van der Waals surface area contributed by atoms with E-state index in [1.165, 1.54) is 12.1 Å². The molecule has 140 valence electrons. The molecule has 1 aliphatic rings. The second-order valence-corrected chi connectivity index (χ2v) is 7.67. The van der Waals surface area contributed by atoms with Crippen LogP contribution < -0.4 is 4.90 Å². The summed E-state index contributed by atoms with van der Waals surface area (Å²) in [5.41, 5.74) is 1.15. The van der Waals surface area contributed by atoms with Gasteiger partial charge in [-0.15, -0.1) is 0 Å². The van der Waals surface area contributed by atoms with Gasteiger partial charge in [0.05, 0.1) is 5.69 Å². The Morgan fingerprint density at radius 3 is 2.63 bits per heavy atom. The number of benzene rings is 2. The van der Waals surface area contributed by atoms with E-state index in [-0.39, 0.29) is 5.69 Å². The minimum atomic E-state index is -0.828. The molecule has 0 aliphatic carbocycles. The van der Waals surface area contributed by atoms with Crippen molar-refractivity contribution in [3.63, 3.8) is 0 Å². The Hall–Kier alpha value is -2.66. The molecule has 0 saturated carbocycles. The van der Waals surface area contributed by atoms with Gasteiger partial charge in [0.15, 0.2) is 0 Å². The third-order valence-electron chi connectivity index (χ3n) is 3.93. The molecular formula is C21H19ClFNO3. The van der Waals surface area contributed by atoms with E-state index < -0.39 is 23.4 Å². The Bertz CT molecular complexity index is 947. The van der Waals surface area contributed by atoms with Gasteiger partial charge in [0.2, 0.25) is 0 Å². The fraction of sp³-hybridized carbons (Fsp3) is 0.238. The van der Waals surface area contributed by atoms with Gasteiger partial charge in [-0.3, -0.25) is 4.79 Å². The summed E-state index contributed by atoms with van der Waals surface area (Å²) in [6.07, 6.45) is 1.33. The smallest absolute Gasteiger partial charge is 0.422 e. The number of carbonyl (C=O) groups is 2. The van der Waals surface area contributed by atoms with E-state index in [4.69, 9.17) is 16.3 Å². The number of imide groups is 1. The minimum Gasteiger partial charge on any atom is -0.443 e. The first-order chi connectivity index (χ1) is 12.7. The Morgan fingerprint density at radius 2 is 1.96 bits per heavy atom. The minimum absolute atomic E-state index is 0.187. The number of nitrogens with zero attached hydrogens (tertiary/aromatic N) is 1. The van der Waals surface area contributed by atoms with Gasteiger partial charge in [-0.25, -0.2) is 14.1 Å². The molecule has 0 aromatic heterocycles. The first kappa shape index (κ1) is 19.1. The van der Waals surface area contributed by atoms with Gasteiger partial charge in [-0.05, 0) is 63.1 Å². The van der Waals surface area contributed by atoms with Crippen LogP contribution in [0, 0.1) is 5.82 Å². The van der Waals surface area contributed by atoms with Crippen LogP contribution in [0.1, 0.15) is 31.9 Å². The van der Waals surface area contributed by atoms with Crippen molar-refractivity contribution < 1.29 is 18.7 Å². The van der Waals surface area contributed by atoms with Crippen molar-refractivity contribution in [3.8, 4) is 0 Å². The normalized spacial score (nSPS) is 15.2. The van der Waals surface area contributed by atoms with E-state index in [2.05, 4.69) is 0 Å². The second kappa shape index (κ2) is 7.16. The quantitative estimate of drug-likeness (QED) is 0.649. The van der Waals surface area contributed by atoms with Crippen LogP contribution in [-0.4, -0.2) is 17.6 Å². The number of hydrogen-bond acceptors (Lipinski definition) is 3. The van der Waals surface area contributed by atoms with Crippen LogP contribution in [0.2, 0.25) is 5.02 Å². The van der Waals surface area contributed by atoms with E-state index in [9.17, 15) is 14.0 Å². The largest absolute Gasteiger partial charge is 0.443 e. The number of rotatable bonds is 2. The number of fused-ring (bicyclic) bond motifs is 1. The molecule has 0 atom stereocenters. The number of hydrogen-bond donors (Lipinski definition) is 0. The van der Waals surface area contributed by atoms with Crippen LogP contribution in [0.3, 0.4) is 0 Å². The summed E-state index contributed by atoms with van der Waals surface area (Å²) in [6, 6.07) is 11.2. The monoisotopic (exact) mass is 387 g/mol. The summed E-state index contributed by atoms with van der Waals surface area (Å²) in [4.78, 5) is 26.3. The molecule has 0 spiro atoms. The molecule has 27 heavy (non-hydrogen) atoms. The zero-order chi connectivity index (χ0) is 19.8. The first-order valence-corrected chi connectivity index (χ1v) is 8.85. The Balaban J connectivity index is 1.98. The third kappa shape index (κ3) is 4.19. The highest BCUT2D eigenvalue weighted by atomic mass is 35.5. The molecule has 1 heterocycles. The van der Waals surface area contributed by atoms with Gasteiger partial charge in [0, 0.05) is 16.2 Å². The van der Waals surface area contributed by atoms with Gasteiger partial charge in [0.25, 0.3) is 5.91 Å². The van der Waals surface area contributed by atoms with Crippen LogP contribution in [0.25, 0.3) is 5.57 Å². The maximum Gasteiger partial charge on any atom is 0.422 e. The van der Waals surface area contributed by atoms with Crippen LogP contribution >= 0.6 is 11.6 Å². The van der Waals surface area contributed by atoms with Gasteiger partial charge in [-0.2, -0.15) is 0 Å². The zero-order valence-electron chi connectivity index (χ0n) is 15.3. The number of halogens is 2. The molecule has 0 N–H and O–H groups in total. The third-order valence-corrected chi connectivity index (χ3v) is 4.17. The molecule has 2 amide bonds. The lowest BCUT2D eigenvalue weighted by Gasteiger charge is -2.23. The second-order valence-electron chi connectivity index (χ2n) is 7.23. The molecule has 0 radical (unpaired) electrons. The lowest BCUT2D eigenvalue weighted by atomic mass is 10.0. The van der Waals surface area contributed by atoms with Crippen LogP contribution in [0.4, 0.5) is 14.9 Å². The van der Waals surface area contributed by atoms with Gasteiger partial charge in [0.1, 0.15) is 11.4 Å². The van der Waals surface area contributed by atoms with E-state index >= 15 is 0 Å². The van der Waals surface area contributed by atoms with E-state index in [0.29, 0.717) is 22.6 Å². The number of ether oxygens (including phenoxy) is 1. The average molecular weight is 388 g/mol. The highest BCUT2D eigenvalue weighted by Crippen LogP contribution is 2.38. The van der Waals surface area contributed by atoms with Gasteiger partial charge in [-0.1, -0.05) is 29.8 Å². The molecule has 2 aromatic rings. The fourth-order valence-electron chi connectivity index (χ4n) is 2.83. The zero-order valence-corrected chi connectivity index (χ0v) is 16.0. The number of allylic oxidation sites excluding steroid dienone is 1. The Labute approximate surface area is 162 Å². The topological polar surface area (TPSA) is 46.6 Å². The predicted molar refractivity (Wildman–Crippen MR) is 103 cm³/mol. The van der Waals surface area contributed by atoms with Crippen molar-refractivity contribution in [1.82, 2.24) is 0 Å². The molecule has 4 nitrogen and oxygen atoms in total.